The predicted molar refractivity (Wildman–Crippen MR) is 81.6 cm³/mol. The SMILES string of the molecule is CC(C)(C)C(=O)NCCCC(=O)NCCCc1ncc[nH]1. The van der Waals surface area contributed by atoms with Crippen molar-refractivity contribution in [2.75, 3.05) is 13.1 Å². The number of carbonyl (C=O) groups is 2. The quantitative estimate of drug-likeness (QED) is 0.633. The topological polar surface area (TPSA) is 86.9 Å². The first-order valence-corrected chi connectivity index (χ1v) is 7.43. The first-order chi connectivity index (χ1) is 9.89. The third kappa shape index (κ3) is 7.48. The minimum Gasteiger partial charge on any atom is -0.356 e. The van der Waals surface area contributed by atoms with Gasteiger partial charge in [-0.2, -0.15) is 0 Å². The first kappa shape index (κ1) is 17.2. The van der Waals surface area contributed by atoms with Crippen LogP contribution in [0.5, 0.6) is 0 Å². The summed E-state index contributed by atoms with van der Waals surface area (Å²) in [6.45, 7) is 6.79. The van der Waals surface area contributed by atoms with Gasteiger partial charge in [-0.05, 0) is 12.8 Å². The van der Waals surface area contributed by atoms with Crippen LogP contribution in [0, 0.1) is 5.41 Å². The number of H-pyrrole nitrogens is 1. The van der Waals surface area contributed by atoms with E-state index in [1.807, 2.05) is 20.8 Å². The van der Waals surface area contributed by atoms with Gasteiger partial charge in [0, 0.05) is 43.7 Å². The van der Waals surface area contributed by atoms with Crippen LogP contribution in [0.25, 0.3) is 0 Å². The number of carbonyl (C=O) groups excluding carboxylic acids is 2. The van der Waals surface area contributed by atoms with E-state index in [0.717, 1.165) is 18.7 Å². The lowest BCUT2D eigenvalue weighted by molar-refractivity contribution is -0.128. The van der Waals surface area contributed by atoms with Gasteiger partial charge in [-0.25, -0.2) is 4.98 Å². The Bertz CT molecular complexity index is 435. The Kier molecular flexibility index (Phi) is 6.91. The van der Waals surface area contributed by atoms with Gasteiger partial charge in [0.25, 0.3) is 0 Å². The van der Waals surface area contributed by atoms with Crippen LogP contribution in [0.3, 0.4) is 0 Å². The molecular formula is C15H26N4O2. The number of imidazole rings is 1. The lowest BCUT2D eigenvalue weighted by atomic mass is 9.96. The molecule has 0 atom stereocenters. The number of rotatable bonds is 8. The molecule has 1 heterocycles. The number of nitrogens with one attached hydrogen (secondary N) is 3. The summed E-state index contributed by atoms with van der Waals surface area (Å²) in [6, 6.07) is 0. The van der Waals surface area contributed by atoms with Crippen molar-refractivity contribution in [3.05, 3.63) is 18.2 Å². The van der Waals surface area contributed by atoms with Gasteiger partial charge in [-0.15, -0.1) is 0 Å². The van der Waals surface area contributed by atoms with Crippen molar-refractivity contribution in [2.24, 2.45) is 5.41 Å². The molecule has 2 amide bonds. The molecule has 3 N–H and O–H groups in total. The van der Waals surface area contributed by atoms with Crippen LogP contribution < -0.4 is 10.6 Å². The summed E-state index contributed by atoms with van der Waals surface area (Å²) in [5, 5.41) is 5.70. The summed E-state index contributed by atoms with van der Waals surface area (Å²) >= 11 is 0. The van der Waals surface area contributed by atoms with Crippen molar-refractivity contribution < 1.29 is 9.59 Å². The molecule has 0 aromatic carbocycles. The van der Waals surface area contributed by atoms with Crippen molar-refractivity contribution in [3.8, 4) is 0 Å². The first-order valence-electron chi connectivity index (χ1n) is 7.43. The molecular weight excluding hydrogens is 268 g/mol. The Labute approximate surface area is 126 Å². The molecule has 0 bridgehead atoms. The highest BCUT2D eigenvalue weighted by molar-refractivity contribution is 5.81. The van der Waals surface area contributed by atoms with Gasteiger partial charge in [0.05, 0.1) is 0 Å². The molecule has 1 rings (SSSR count). The summed E-state index contributed by atoms with van der Waals surface area (Å²) in [7, 11) is 0. The van der Waals surface area contributed by atoms with E-state index in [-0.39, 0.29) is 17.2 Å². The second kappa shape index (κ2) is 8.44. The zero-order valence-corrected chi connectivity index (χ0v) is 13.2. The lowest BCUT2D eigenvalue weighted by Crippen LogP contribution is -2.35. The molecule has 6 heteroatoms. The van der Waals surface area contributed by atoms with Crippen molar-refractivity contribution in [3.63, 3.8) is 0 Å². The molecule has 118 valence electrons. The standard InChI is InChI=1S/C15H26N4O2/c1-15(2,3)14(21)19-9-5-7-13(20)18-8-4-6-12-16-10-11-17-12/h10-11H,4-9H2,1-3H3,(H,16,17)(H,18,20)(H,19,21). The van der Waals surface area contributed by atoms with E-state index in [4.69, 9.17) is 0 Å². The summed E-state index contributed by atoms with van der Waals surface area (Å²) in [5.74, 6) is 0.981. The van der Waals surface area contributed by atoms with Gasteiger partial charge >= 0.3 is 0 Å². The Morgan fingerprint density at radius 3 is 2.52 bits per heavy atom. The molecule has 0 saturated heterocycles. The van der Waals surface area contributed by atoms with Crippen molar-refractivity contribution in [1.29, 1.82) is 0 Å². The van der Waals surface area contributed by atoms with Crippen LogP contribution in [-0.2, 0) is 16.0 Å². The van der Waals surface area contributed by atoms with E-state index >= 15 is 0 Å². The smallest absolute Gasteiger partial charge is 0.225 e. The zero-order valence-electron chi connectivity index (χ0n) is 13.2. The molecule has 0 aliphatic heterocycles. The van der Waals surface area contributed by atoms with Crippen LogP contribution in [0.2, 0.25) is 0 Å². The molecule has 0 radical (unpaired) electrons. The molecule has 0 saturated carbocycles. The van der Waals surface area contributed by atoms with Crippen LogP contribution in [0.1, 0.15) is 45.9 Å². The number of aromatic nitrogens is 2. The number of aromatic amines is 1. The number of aryl methyl sites for hydroxylation is 1. The van der Waals surface area contributed by atoms with E-state index in [9.17, 15) is 9.59 Å². The lowest BCUT2D eigenvalue weighted by Gasteiger charge is -2.17. The third-order valence-electron chi connectivity index (χ3n) is 3.01. The molecule has 0 aliphatic carbocycles. The van der Waals surface area contributed by atoms with Crippen LogP contribution in [-0.4, -0.2) is 34.9 Å². The van der Waals surface area contributed by atoms with Crippen molar-refractivity contribution in [1.82, 2.24) is 20.6 Å². The minimum atomic E-state index is -0.381. The number of amides is 2. The second-order valence-electron chi connectivity index (χ2n) is 6.10. The number of hydrogen-bond acceptors (Lipinski definition) is 3. The van der Waals surface area contributed by atoms with Crippen LogP contribution in [0.15, 0.2) is 12.4 Å². The highest BCUT2D eigenvalue weighted by Gasteiger charge is 2.20. The van der Waals surface area contributed by atoms with Crippen molar-refractivity contribution >= 4 is 11.8 Å². The summed E-state index contributed by atoms with van der Waals surface area (Å²) in [5.41, 5.74) is -0.381. The minimum absolute atomic E-state index is 0.0151. The average Bonchev–Trinajstić information content (AvgIpc) is 2.91. The van der Waals surface area contributed by atoms with Gasteiger partial charge < -0.3 is 15.6 Å². The summed E-state index contributed by atoms with van der Waals surface area (Å²) < 4.78 is 0. The van der Waals surface area contributed by atoms with E-state index < -0.39 is 0 Å². The highest BCUT2D eigenvalue weighted by atomic mass is 16.2. The monoisotopic (exact) mass is 294 g/mol. The summed E-state index contributed by atoms with van der Waals surface area (Å²) in [6.07, 6.45) is 6.30. The van der Waals surface area contributed by atoms with Gasteiger partial charge in [-0.1, -0.05) is 20.8 Å². The Balaban J connectivity index is 2.00. The van der Waals surface area contributed by atoms with Crippen LogP contribution >= 0.6 is 0 Å². The highest BCUT2D eigenvalue weighted by Crippen LogP contribution is 2.12. The largest absolute Gasteiger partial charge is 0.356 e. The Hall–Kier alpha value is -1.85. The molecule has 21 heavy (non-hydrogen) atoms. The Morgan fingerprint density at radius 2 is 1.90 bits per heavy atom. The second-order valence-corrected chi connectivity index (χ2v) is 6.10. The van der Waals surface area contributed by atoms with Crippen LogP contribution in [0.4, 0.5) is 0 Å². The van der Waals surface area contributed by atoms with E-state index in [1.54, 1.807) is 12.4 Å². The summed E-state index contributed by atoms with van der Waals surface area (Å²) in [4.78, 5) is 30.4. The maximum absolute atomic E-state index is 11.6. The van der Waals surface area contributed by atoms with Crippen molar-refractivity contribution in [2.45, 2.75) is 46.5 Å². The van der Waals surface area contributed by atoms with E-state index in [1.165, 1.54) is 0 Å². The maximum Gasteiger partial charge on any atom is 0.225 e. The molecule has 0 aliphatic rings. The van der Waals surface area contributed by atoms with Gasteiger partial charge in [0.1, 0.15) is 5.82 Å². The van der Waals surface area contributed by atoms with E-state index in [0.29, 0.717) is 25.9 Å². The Morgan fingerprint density at radius 1 is 1.19 bits per heavy atom. The van der Waals surface area contributed by atoms with Gasteiger partial charge in [0.15, 0.2) is 0 Å². The molecule has 0 fully saturated rings. The molecule has 0 unspecified atom stereocenters. The average molecular weight is 294 g/mol. The number of hydrogen-bond donors (Lipinski definition) is 3. The zero-order chi connectivity index (χ0) is 15.7. The fourth-order valence-electron chi connectivity index (χ4n) is 1.72. The van der Waals surface area contributed by atoms with Gasteiger partial charge in [0.2, 0.25) is 11.8 Å². The molecule has 1 aromatic rings. The fraction of sp³-hybridized carbons (Fsp3) is 0.667. The predicted octanol–water partition coefficient (Wildman–Crippen LogP) is 1.40. The molecule has 1 aromatic heterocycles. The van der Waals surface area contributed by atoms with Gasteiger partial charge in [-0.3, -0.25) is 9.59 Å². The molecule has 6 nitrogen and oxygen atoms in total. The fourth-order valence-corrected chi connectivity index (χ4v) is 1.72. The maximum atomic E-state index is 11.6. The molecule has 0 spiro atoms. The number of nitrogens with zero attached hydrogens (tertiary/aromatic N) is 1. The normalized spacial score (nSPS) is 11.2. The van der Waals surface area contributed by atoms with E-state index in [2.05, 4.69) is 20.6 Å². The third-order valence-corrected chi connectivity index (χ3v) is 3.01.